The first-order chi connectivity index (χ1) is 27.3. The van der Waals surface area contributed by atoms with Crippen LogP contribution >= 0.6 is 0 Å². The van der Waals surface area contributed by atoms with Crippen molar-refractivity contribution in [3.05, 3.63) is 204 Å². The Morgan fingerprint density at radius 2 is 0.839 bits per heavy atom. The number of hydrogen-bond acceptors (Lipinski definition) is 2. The third-order valence-electron chi connectivity index (χ3n) is 12.8. The van der Waals surface area contributed by atoms with Crippen LogP contribution in [0.25, 0.3) is 43.4 Å². The predicted octanol–water partition coefficient (Wildman–Crippen LogP) is 15.0. The first-order valence-electron chi connectivity index (χ1n) is 19.8. The van der Waals surface area contributed by atoms with E-state index >= 15 is 0 Å². The molecule has 0 unspecified atom stereocenters. The molecule has 0 saturated carbocycles. The highest BCUT2D eigenvalue weighted by Crippen LogP contribution is 2.57. The summed E-state index contributed by atoms with van der Waals surface area (Å²) in [6, 6.07) is 67.6. The molecule has 0 aromatic heterocycles. The number of rotatable bonds is 4. The summed E-state index contributed by atoms with van der Waals surface area (Å²) in [6.45, 7) is 9.58. The molecule has 0 fully saturated rings. The van der Waals surface area contributed by atoms with Gasteiger partial charge in [0.15, 0.2) is 0 Å². The van der Waals surface area contributed by atoms with Crippen molar-refractivity contribution in [2.75, 3.05) is 9.80 Å². The van der Waals surface area contributed by atoms with E-state index in [0.29, 0.717) is 0 Å². The molecule has 0 amide bonds. The third kappa shape index (κ3) is 4.62. The molecule has 9 aromatic rings. The molecule has 0 saturated heterocycles. The van der Waals surface area contributed by atoms with E-state index in [1.807, 2.05) is 0 Å². The van der Waals surface area contributed by atoms with Crippen molar-refractivity contribution < 1.29 is 0 Å². The zero-order chi connectivity index (χ0) is 37.8. The Morgan fingerprint density at radius 1 is 0.339 bits per heavy atom. The highest BCUT2D eigenvalue weighted by molar-refractivity contribution is 6.26. The van der Waals surface area contributed by atoms with Crippen molar-refractivity contribution in [3.63, 3.8) is 0 Å². The summed E-state index contributed by atoms with van der Waals surface area (Å²) >= 11 is 0. The maximum absolute atomic E-state index is 2.55. The monoisotopic (exact) mass is 718 g/mol. The predicted molar refractivity (Wildman–Crippen MR) is 238 cm³/mol. The molecule has 2 nitrogen and oxygen atoms in total. The lowest BCUT2D eigenvalue weighted by molar-refractivity contribution is 0.632. The van der Waals surface area contributed by atoms with Crippen LogP contribution in [0.3, 0.4) is 0 Å². The van der Waals surface area contributed by atoms with Gasteiger partial charge < -0.3 is 9.80 Å². The average molecular weight is 719 g/mol. The Morgan fingerprint density at radius 3 is 1.48 bits per heavy atom. The normalized spacial score (nSPS) is 14.7. The SMILES string of the molecule is CC1(C)c2ccccc2-c2ccc(N3c4ccc(N(c5ccccc5)c5ccccc5)cc4C(C)(C)c4cc5c6ccccc6c6ccccc6c5cc43)cc21. The van der Waals surface area contributed by atoms with E-state index < -0.39 is 0 Å². The van der Waals surface area contributed by atoms with E-state index in [-0.39, 0.29) is 10.8 Å². The zero-order valence-electron chi connectivity index (χ0n) is 32.2. The van der Waals surface area contributed by atoms with Crippen molar-refractivity contribution in [1.29, 1.82) is 0 Å². The number of para-hydroxylation sites is 2. The molecular formula is C54H42N2. The summed E-state index contributed by atoms with van der Waals surface area (Å²) in [4.78, 5) is 4.93. The van der Waals surface area contributed by atoms with Gasteiger partial charge in [0.05, 0.1) is 11.4 Å². The molecule has 0 radical (unpaired) electrons. The average Bonchev–Trinajstić information content (AvgIpc) is 3.47. The van der Waals surface area contributed by atoms with Gasteiger partial charge in [-0.05, 0) is 132 Å². The van der Waals surface area contributed by atoms with Crippen LogP contribution in [-0.4, -0.2) is 0 Å². The summed E-state index contributed by atoms with van der Waals surface area (Å²) in [5.74, 6) is 0. The molecule has 268 valence electrons. The summed E-state index contributed by atoms with van der Waals surface area (Å²) in [5.41, 5.74) is 14.7. The molecule has 1 aliphatic heterocycles. The van der Waals surface area contributed by atoms with Gasteiger partial charge in [0.25, 0.3) is 0 Å². The summed E-state index contributed by atoms with van der Waals surface area (Å²) in [7, 11) is 0. The number of nitrogens with zero attached hydrogens (tertiary/aromatic N) is 2. The second kappa shape index (κ2) is 11.9. The molecule has 1 heterocycles. The minimum absolute atomic E-state index is 0.114. The fraction of sp³-hybridized carbons (Fsp3) is 0.111. The van der Waals surface area contributed by atoms with Crippen molar-refractivity contribution in [2.45, 2.75) is 38.5 Å². The zero-order valence-corrected chi connectivity index (χ0v) is 32.2. The maximum atomic E-state index is 2.55. The van der Waals surface area contributed by atoms with E-state index in [2.05, 4.69) is 219 Å². The lowest BCUT2D eigenvalue weighted by atomic mass is 9.72. The Labute approximate surface area is 328 Å². The van der Waals surface area contributed by atoms with Crippen LogP contribution in [0, 0.1) is 0 Å². The lowest BCUT2D eigenvalue weighted by Crippen LogP contribution is -2.31. The van der Waals surface area contributed by atoms with Crippen LogP contribution in [0.1, 0.15) is 49.9 Å². The van der Waals surface area contributed by atoms with Gasteiger partial charge in [-0.1, -0.05) is 143 Å². The first kappa shape index (κ1) is 32.8. The minimum atomic E-state index is -0.316. The Hall–Kier alpha value is -6.64. The van der Waals surface area contributed by atoms with Gasteiger partial charge >= 0.3 is 0 Å². The van der Waals surface area contributed by atoms with Gasteiger partial charge in [-0.2, -0.15) is 0 Å². The second-order valence-corrected chi connectivity index (χ2v) is 16.6. The van der Waals surface area contributed by atoms with E-state index in [9.17, 15) is 0 Å². The molecule has 56 heavy (non-hydrogen) atoms. The van der Waals surface area contributed by atoms with Crippen LogP contribution in [-0.2, 0) is 10.8 Å². The van der Waals surface area contributed by atoms with Crippen molar-refractivity contribution in [3.8, 4) is 11.1 Å². The number of hydrogen-bond donors (Lipinski definition) is 0. The summed E-state index contributed by atoms with van der Waals surface area (Å²) < 4.78 is 0. The van der Waals surface area contributed by atoms with Gasteiger partial charge in [0, 0.05) is 33.6 Å². The molecular weight excluding hydrogens is 677 g/mol. The minimum Gasteiger partial charge on any atom is -0.310 e. The number of benzene rings is 9. The smallest absolute Gasteiger partial charge is 0.0509 e. The first-order valence-corrected chi connectivity index (χ1v) is 19.8. The third-order valence-corrected chi connectivity index (χ3v) is 12.8. The molecule has 0 N–H and O–H groups in total. The Balaban J connectivity index is 1.20. The van der Waals surface area contributed by atoms with E-state index in [1.54, 1.807) is 0 Å². The van der Waals surface area contributed by atoms with Gasteiger partial charge in [0.2, 0.25) is 0 Å². The molecule has 1 aliphatic carbocycles. The van der Waals surface area contributed by atoms with E-state index in [0.717, 1.165) is 17.1 Å². The van der Waals surface area contributed by atoms with Gasteiger partial charge in [0.1, 0.15) is 0 Å². The summed E-state index contributed by atoms with van der Waals surface area (Å²) in [5, 5.41) is 7.75. The Bertz CT molecular complexity index is 2990. The van der Waals surface area contributed by atoms with Crippen molar-refractivity contribution in [1.82, 2.24) is 0 Å². The summed E-state index contributed by atoms with van der Waals surface area (Å²) in [6.07, 6.45) is 0. The van der Waals surface area contributed by atoms with Crippen molar-refractivity contribution in [2.24, 2.45) is 0 Å². The van der Waals surface area contributed by atoms with Crippen LogP contribution in [0.2, 0.25) is 0 Å². The standard InChI is InChI=1S/C54H42N2/c1-53(2)47-26-16-15-25-43(47)44-29-27-38(31-48(44)53)56-51-30-28-37(55(35-17-7-5-8-18-35)36-19-9-6-10-20-36)32-49(51)54(3,4)50-33-45-41-23-13-11-21-39(41)40-22-12-14-24-42(40)46(45)34-52(50)56/h5-34H,1-4H3. The van der Waals surface area contributed by atoms with Gasteiger partial charge in [-0.3, -0.25) is 0 Å². The van der Waals surface area contributed by atoms with E-state index in [4.69, 9.17) is 0 Å². The molecule has 11 rings (SSSR count). The number of fused-ring (bicyclic) bond motifs is 11. The lowest BCUT2D eigenvalue weighted by Gasteiger charge is -2.43. The van der Waals surface area contributed by atoms with E-state index in [1.165, 1.54) is 82.8 Å². The fourth-order valence-corrected chi connectivity index (χ4v) is 9.97. The largest absolute Gasteiger partial charge is 0.310 e. The molecule has 0 spiro atoms. The highest BCUT2D eigenvalue weighted by atomic mass is 15.2. The molecule has 2 aliphatic rings. The molecule has 0 atom stereocenters. The second-order valence-electron chi connectivity index (χ2n) is 16.6. The van der Waals surface area contributed by atoms with Crippen LogP contribution < -0.4 is 9.80 Å². The van der Waals surface area contributed by atoms with Gasteiger partial charge in [-0.15, -0.1) is 0 Å². The quantitative estimate of drug-likeness (QED) is 0.167. The molecule has 0 bridgehead atoms. The van der Waals surface area contributed by atoms with Gasteiger partial charge in [-0.25, -0.2) is 0 Å². The van der Waals surface area contributed by atoms with Crippen molar-refractivity contribution >= 4 is 66.4 Å². The molecule has 9 aromatic carbocycles. The topological polar surface area (TPSA) is 6.48 Å². The van der Waals surface area contributed by atoms with Crippen LogP contribution in [0.15, 0.2) is 182 Å². The Kier molecular flexibility index (Phi) is 6.98. The van der Waals surface area contributed by atoms with Crippen LogP contribution in [0.5, 0.6) is 0 Å². The fourth-order valence-electron chi connectivity index (χ4n) is 9.97. The highest BCUT2D eigenvalue weighted by Gasteiger charge is 2.40. The van der Waals surface area contributed by atoms with Crippen LogP contribution in [0.4, 0.5) is 34.1 Å². The molecule has 2 heteroatoms. The maximum Gasteiger partial charge on any atom is 0.0509 e. The number of anilines is 6.